The molecule has 6 heteroatoms. The van der Waals surface area contributed by atoms with Crippen molar-refractivity contribution in [1.82, 2.24) is 4.68 Å². The van der Waals surface area contributed by atoms with Gasteiger partial charge in [-0.05, 0) is 26.0 Å². The Bertz CT molecular complexity index is 956. The lowest BCUT2D eigenvalue weighted by atomic mass is 10.2. The molecule has 2 aromatic carbocycles. The van der Waals surface area contributed by atoms with Crippen molar-refractivity contribution in [2.75, 3.05) is 0 Å². The zero-order valence-corrected chi connectivity index (χ0v) is 14.8. The highest BCUT2D eigenvalue weighted by Gasteiger charge is 2.08. The van der Waals surface area contributed by atoms with Gasteiger partial charge in [-0.2, -0.15) is 5.10 Å². The van der Waals surface area contributed by atoms with Gasteiger partial charge in [0.05, 0.1) is 11.9 Å². The number of aromatic nitrogens is 1. The van der Waals surface area contributed by atoms with E-state index in [4.69, 9.17) is 0 Å². The third-order valence-electron chi connectivity index (χ3n) is 3.45. The number of hydrogen-bond donors (Lipinski definition) is 2. The minimum absolute atomic E-state index is 0.0123. The van der Waals surface area contributed by atoms with Crippen LogP contribution in [0.1, 0.15) is 19.4 Å². The van der Waals surface area contributed by atoms with Crippen LogP contribution in [0.4, 0.5) is 0 Å². The molecule has 0 bridgehead atoms. The van der Waals surface area contributed by atoms with E-state index in [0.29, 0.717) is 5.56 Å². The van der Waals surface area contributed by atoms with Crippen molar-refractivity contribution in [1.29, 1.82) is 0 Å². The molecule has 25 heavy (non-hydrogen) atoms. The lowest BCUT2D eigenvalue weighted by molar-refractivity contribution is 0.450. The van der Waals surface area contributed by atoms with E-state index in [1.165, 1.54) is 23.5 Å². The van der Waals surface area contributed by atoms with Crippen LogP contribution in [-0.4, -0.2) is 27.1 Å². The first-order valence-corrected chi connectivity index (χ1v) is 8.78. The van der Waals surface area contributed by atoms with Crippen LogP contribution in [-0.2, 0) is 0 Å². The van der Waals surface area contributed by atoms with E-state index >= 15 is 0 Å². The molecule has 5 nitrogen and oxygen atoms in total. The average Bonchev–Trinajstić information content (AvgIpc) is 2.97. The number of hydrogen-bond acceptors (Lipinski definition) is 5. The largest absolute Gasteiger partial charge is 0.508 e. The van der Waals surface area contributed by atoms with Gasteiger partial charge >= 0.3 is 0 Å². The Morgan fingerprint density at radius 1 is 1.08 bits per heavy atom. The molecule has 0 amide bonds. The summed E-state index contributed by atoms with van der Waals surface area (Å²) in [7, 11) is 0. The molecular formula is C19H19N3O2S. The summed E-state index contributed by atoms with van der Waals surface area (Å²) < 4.78 is 1.77. The van der Waals surface area contributed by atoms with Crippen LogP contribution in [0.15, 0.2) is 64.0 Å². The van der Waals surface area contributed by atoms with Gasteiger partial charge in [-0.25, -0.2) is 4.68 Å². The number of nitrogens with zero attached hydrogens (tertiary/aromatic N) is 3. The fraction of sp³-hybridized carbons (Fsp3) is 0.158. The first-order chi connectivity index (χ1) is 12.0. The van der Waals surface area contributed by atoms with Crippen molar-refractivity contribution in [2.45, 2.75) is 19.9 Å². The van der Waals surface area contributed by atoms with E-state index < -0.39 is 0 Å². The predicted molar refractivity (Wildman–Crippen MR) is 101 cm³/mol. The number of benzene rings is 2. The maximum absolute atomic E-state index is 9.94. The molecule has 3 aromatic rings. The molecule has 2 N–H and O–H groups in total. The fourth-order valence-corrected chi connectivity index (χ4v) is 3.26. The quantitative estimate of drug-likeness (QED) is 0.700. The summed E-state index contributed by atoms with van der Waals surface area (Å²) >= 11 is 1.52. The molecule has 0 aliphatic carbocycles. The fourth-order valence-electron chi connectivity index (χ4n) is 2.29. The summed E-state index contributed by atoms with van der Waals surface area (Å²) in [6.45, 7) is 4.03. The standard InChI is InChI=1S/C19H19N3O2S/c1-13(2)21-19-22(17(12-25-19)14-6-4-3-5-7-14)20-11-15-8-9-16(23)10-18(15)24/h3-13,23-24H,1-2H3. The highest BCUT2D eigenvalue weighted by molar-refractivity contribution is 7.07. The molecule has 0 aliphatic rings. The van der Waals surface area contributed by atoms with Gasteiger partial charge in [-0.15, -0.1) is 11.3 Å². The maximum Gasteiger partial charge on any atom is 0.206 e. The minimum atomic E-state index is -0.0248. The molecule has 0 fully saturated rings. The van der Waals surface area contributed by atoms with E-state index in [1.807, 2.05) is 49.6 Å². The number of phenols is 2. The molecule has 1 aromatic heterocycles. The van der Waals surface area contributed by atoms with Crippen molar-refractivity contribution >= 4 is 17.6 Å². The smallest absolute Gasteiger partial charge is 0.206 e. The van der Waals surface area contributed by atoms with Gasteiger partial charge in [0, 0.05) is 28.6 Å². The number of aromatic hydroxyl groups is 2. The van der Waals surface area contributed by atoms with Crippen molar-refractivity contribution in [3.63, 3.8) is 0 Å². The second kappa shape index (κ2) is 7.36. The first kappa shape index (κ1) is 17.0. The molecule has 0 atom stereocenters. The van der Waals surface area contributed by atoms with Crippen LogP contribution in [0.3, 0.4) is 0 Å². The Morgan fingerprint density at radius 3 is 2.52 bits per heavy atom. The second-order valence-corrected chi connectivity index (χ2v) is 6.63. The second-order valence-electron chi connectivity index (χ2n) is 5.79. The molecule has 0 saturated heterocycles. The van der Waals surface area contributed by atoms with Gasteiger partial charge in [0.1, 0.15) is 11.5 Å². The molecule has 0 aliphatic heterocycles. The summed E-state index contributed by atoms with van der Waals surface area (Å²) in [6.07, 6.45) is 1.56. The van der Waals surface area contributed by atoms with E-state index in [0.717, 1.165) is 16.1 Å². The number of rotatable bonds is 4. The SMILES string of the molecule is CC(C)N=c1scc(-c2ccccc2)n1N=Cc1ccc(O)cc1O. The van der Waals surface area contributed by atoms with Crippen molar-refractivity contribution in [2.24, 2.45) is 10.1 Å². The average molecular weight is 353 g/mol. The van der Waals surface area contributed by atoms with Gasteiger partial charge in [0.2, 0.25) is 4.80 Å². The zero-order valence-electron chi connectivity index (χ0n) is 14.0. The maximum atomic E-state index is 9.94. The number of thiazole rings is 1. The van der Waals surface area contributed by atoms with Crippen molar-refractivity contribution in [3.05, 3.63) is 64.3 Å². The van der Waals surface area contributed by atoms with Gasteiger partial charge < -0.3 is 10.2 Å². The normalized spacial score (nSPS) is 12.4. The van der Waals surface area contributed by atoms with Crippen LogP contribution in [0.5, 0.6) is 11.5 Å². The molecule has 0 spiro atoms. The third-order valence-corrected chi connectivity index (χ3v) is 4.28. The monoisotopic (exact) mass is 353 g/mol. The Morgan fingerprint density at radius 2 is 1.84 bits per heavy atom. The summed E-state index contributed by atoms with van der Waals surface area (Å²) in [5.74, 6) is -0.0125. The lowest BCUT2D eigenvalue weighted by Gasteiger charge is -2.04. The van der Waals surface area contributed by atoms with E-state index in [9.17, 15) is 10.2 Å². The summed E-state index contributed by atoms with van der Waals surface area (Å²) in [5.41, 5.74) is 2.49. The predicted octanol–water partition coefficient (Wildman–Crippen LogP) is 3.82. The highest BCUT2D eigenvalue weighted by Crippen LogP contribution is 2.22. The van der Waals surface area contributed by atoms with Crippen LogP contribution < -0.4 is 4.80 Å². The van der Waals surface area contributed by atoms with Gasteiger partial charge in [0.25, 0.3) is 0 Å². The summed E-state index contributed by atoms with van der Waals surface area (Å²) in [4.78, 5) is 5.40. The van der Waals surface area contributed by atoms with Gasteiger partial charge in [0.15, 0.2) is 0 Å². The van der Waals surface area contributed by atoms with Crippen molar-refractivity contribution < 1.29 is 10.2 Å². The number of phenolic OH excluding ortho intramolecular Hbond substituents is 2. The molecular weight excluding hydrogens is 334 g/mol. The van der Waals surface area contributed by atoms with E-state index in [1.54, 1.807) is 17.0 Å². The third kappa shape index (κ3) is 3.97. The highest BCUT2D eigenvalue weighted by atomic mass is 32.1. The summed E-state index contributed by atoms with van der Waals surface area (Å²) in [6, 6.07) is 14.5. The molecule has 0 radical (unpaired) electrons. The zero-order chi connectivity index (χ0) is 17.8. The van der Waals surface area contributed by atoms with Crippen LogP contribution in [0.25, 0.3) is 11.3 Å². The van der Waals surface area contributed by atoms with Crippen LogP contribution in [0.2, 0.25) is 0 Å². The van der Waals surface area contributed by atoms with Crippen LogP contribution in [0, 0.1) is 0 Å². The topological polar surface area (TPSA) is 70.1 Å². The Hall–Kier alpha value is -2.86. The lowest BCUT2D eigenvalue weighted by Crippen LogP contribution is -2.14. The molecule has 0 saturated carbocycles. The Kier molecular flexibility index (Phi) is 5.00. The molecule has 3 rings (SSSR count). The van der Waals surface area contributed by atoms with Crippen molar-refractivity contribution in [3.8, 4) is 22.8 Å². The van der Waals surface area contributed by atoms with Gasteiger partial charge in [-0.1, -0.05) is 30.3 Å². The Balaban J connectivity index is 2.10. The van der Waals surface area contributed by atoms with Crippen LogP contribution >= 0.6 is 11.3 Å². The van der Waals surface area contributed by atoms with E-state index in [2.05, 4.69) is 10.1 Å². The minimum Gasteiger partial charge on any atom is -0.508 e. The molecule has 128 valence electrons. The first-order valence-electron chi connectivity index (χ1n) is 7.91. The Labute approximate surface area is 149 Å². The van der Waals surface area contributed by atoms with Gasteiger partial charge in [-0.3, -0.25) is 4.99 Å². The summed E-state index contributed by atoms with van der Waals surface area (Å²) in [5, 5.41) is 25.9. The molecule has 0 unspecified atom stereocenters. The molecule has 1 heterocycles. The van der Waals surface area contributed by atoms with E-state index in [-0.39, 0.29) is 17.5 Å².